The Kier molecular flexibility index (Phi) is 10.1. The molecule has 0 amide bonds. The highest BCUT2D eigenvalue weighted by atomic mass is 33.1. The number of aromatic nitrogens is 2. The Labute approximate surface area is 313 Å². The van der Waals surface area contributed by atoms with E-state index in [9.17, 15) is 0 Å². The van der Waals surface area contributed by atoms with Crippen LogP contribution in [0.15, 0.2) is 139 Å². The second-order valence-electron chi connectivity index (χ2n) is 12.9. The van der Waals surface area contributed by atoms with E-state index in [4.69, 9.17) is 9.47 Å². The van der Waals surface area contributed by atoms with Gasteiger partial charge < -0.3 is 9.47 Å². The van der Waals surface area contributed by atoms with E-state index >= 15 is 0 Å². The van der Waals surface area contributed by atoms with Crippen molar-refractivity contribution in [3.63, 3.8) is 0 Å². The van der Waals surface area contributed by atoms with Crippen LogP contribution in [0.1, 0.15) is 34.2 Å². The summed E-state index contributed by atoms with van der Waals surface area (Å²) in [5, 5.41) is 4.88. The molecule has 0 saturated carbocycles. The third-order valence-corrected chi connectivity index (χ3v) is 12.0. The fourth-order valence-electron chi connectivity index (χ4n) is 6.92. The quantitative estimate of drug-likeness (QED) is 0.0756. The number of para-hydroxylation sites is 2. The number of ether oxygens (including phenoxy) is 2. The molecule has 6 heteroatoms. The molecule has 52 heavy (non-hydrogen) atoms. The molecule has 0 saturated heterocycles. The molecule has 0 unspecified atom stereocenters. The first kappa shape index (κ1) is 33.8. The van der Waals surface area contributed by atoms with Gasteiger partial charge >= 0.3 is 0 Å². The van der Waals surface area contributed by atoms with Gasteiger partial charge in [-0.2, -0.15) is 4.57 Å². The summed E-state index contributed by atoms with van der Waals surface area (Å²) in [6.07, 6.45) is 17.8. The van der Waals surface area contributed by atoms with E-state index in [1.807, 2.05) is 22.9 Å². The molecule has 0 fully saturated rings. The standard InChI is InChI=1S/C46H40N2O2S2/c1-49-41-21-19-37-29-33(13-17-39(37)31-41)11-15-35-23-25-47(45-9-5-3-7-43(35)45)27-28-51-52-48-26-24-36(44-8-4-6-10-46(44)48)16-12-34-14-18-40-32-42(50-2)22-20-38(40)30-34/h3-12,14-16,18-26,29-32H,13,17,27-28H2,1-2H3/q+2/b15-11+,16-12+. The van der Waals surface area contributed by atoms with Crippen molar-refractivity contribution in [1.29, 1.82) is 0 Å². The van der Waals surface area contributed by atoms with Crippen molar-refractivity contribution in [2.45, 2.75) is 19.4 Å². The molecule has 8 rings (SSSR count). The van der Waals surface area contributed by atoms with Crippen molar-refractivity contribution in [3.8, 4) is 11.5 Å². The van der Waals surface area contributed by atoms with Crippen molar-refractivity contribution in [2.75, 3.05) is 20.0 Å². The summed E-state index contributed by atoms with van der Waals surface area (Å²) >= 11 is 0. The third-order valence-electron chi connectivity index (χ3n) is 9.73. The molecule has 2 aromatic heterocycles. The maximum Gasteiger partial charge on any atom is 0.238 e. The average molecular weight is 717 g/mol. The molecule has 0 atom stereocenters. The van der Waals surface area contributed by atoms with E-state index in [1.165, 1.54) is 66.0 Å². The van der Waals surface area contributed by atoms with Crippen LogP contribution in [-0.4, -0.2) is 20.0 Å². The molecule has 1 aliphatic carbocycles. The van der Waals surface area contributed by atoms with Crippen LogP contribution >= 0.6 is 21.8 Å². The molecule has 5 aromatic carbocycles. The molecule has 4 nitrogen and oxygen atoms in total. The van der Waals surface area contributed by atoms with E-state index in [-0.39, 0.29) is 0 Å². The molecule has 7 aromatic rings. The average Bonchev–Trinajstić information content (AvgIpc) is 3.20. The molecule has 0 radical (unpaired) electrons. The minimum absolute atomic E-state index is 0.878. The molecule has 1 aliphatic rings. The first-order valence-corrected chi connectivity index (χ1v) is 19.9. The lowest BCUT2D eigenvalue weighted by Crippen LogP contribution is -2.35. The van der Waals surface area contributed by atoms with E-state index in [0.29, 0.717) is 0 Å². The second kappa shape index (κ2) is 15.5. The van der Waals surface area contributed by atoms with Gasteiger partial charge in [0.15, 0.2) is 18.9 Å². The zero-order valence-corrected chi connectivity index (χ0v) is 31.0. The number of hydrogen-bond donors (Lipinski definition) is 0. The van der Waals surface area contributed by atoms with E-state index in [1.54, 1.807) is 25.2 Å². The van der Waals surface area contributed by atoms with Gasteiger partial charge in [0.05, 0.1) is 30.7 Å². The Morgan fingerprint density at radius 2 is 1.33 bits per heavy atom. The summed E-state index contributed by atoms with van der Waals surface area (Å²) in [6, 6.07) is 41.0. The summed E-state index contributed by atoms with van der Waals surface area (Å²) in [5.74, 6) is 2.78. The molecule has 0 aliphatic heterocycles. The summed E-state index contributed by atoms with van der Waals surface area (Å²) < 4.78 is 15.5. The highest BCUT2D eigenvalue weighted by molar-refractivity contribution is 8.74. The summed E-state index contributed by atoms with van der Waals surface area (Å²) in [7, 11) is 7.10. The molecule has 0 N–H and O–H groups in total. The Morgan fingerprint density at radius 3 is 2.17 bits per heavy atom. The number of fused-ring (bicyclic) bond motifs is 4. The molecule has 0 bridgehead atoms. The van der Waals surface area contributed by atoms with Gasteiger partial charge in [-0.25, -0.2) is 0 Å². The maximum absolute atomic E-state index is 5.42. The lowest BCUT2D eigenvalue weighted by atomic mass is 9.91. The normalized spacial score (nSPS) is 12.9. The Bertz CT molecular complexity index is 2520. The van der Waals surface area contributed by atoms with Crippen molar-refractivity contribution in [3.05, 3.63) is 167 Å². The van der Waals surface area contributed by atoms with Gasteiger partial charge in [-0.1, -0.05) is 78.9 Å². The fourth-order valence-corrected chi connectivity index (χ4v) is 8.91. The Morgan fingerprint density at radius 1 is 0.635 bits per heavy atom. The number of pyridine rings is 2. The third kappa shape index (κ3) is 7.36. The zero-order valence-electron chi connectivity index (χ0n) is 29.4. The number of nitrogens with zero attached hydrogens (tertiary/aromatic N) is 2. The van der Waals surface area contributed by atoms with Gasteiger partial charge in [0.2, 0.25) is 22.0 Å². The zero-order chi connectivity index (χ0) is 35.3. The number of methoxy groups -OCH3 is 2. The number of allylic oxidation sites excluding steroid dienone is 2. The van der Waals surface area contributed by atoms with Gasteiger partial charge in [-0.3, -0.25) is 0 Å². The lowest BCUT2D eigenvalue weighted by Gasteiger charge is -2.15. The summed E-state index contributed by atoms with van der Waals surface area (Å²) in [4.78, 5) is 0. The highest BCUT2D eigenvalue weighted by Gasteiger charge is 2.16. The summed E-state index contributed by atoms with van der Waals surface area (Å²) in [5.41, 5.74) is 10.1. The van der Waals surface area contributed by atoms with E-state index in [0.717, 1.165) is 36.6 Å². The first-order chi connectivity index (χ1) is 25.6. The van der Waals surface area contributed by atoms with Crippen LogP contribution in [0.4, 0.5) is 0 Å². The fraction of sp³-hybridized carbons (Fsp3) is 0.130. The van der Waals surface area contributed by atoms with E-state index < -0.39 is 0 Å². The van der Waals surface area contributed by atoms with E-state index in [2.05, 4.69) is 154 Å². The molecular formula is C46H40N2O2S2+2. The predicted octanol–water partition coefficient (Wildman–Crippen LogP) is 10.8. The topological polar surface area (TPSA) is 26.2 Å². The van der Waals surface area contributed by atoms with Crippen LogP contribution in [0, 0.1) is 0 Å². The molecule has 0 spiro atoms. The highest BCUT2D eigenvalue weighted by Crippen LogP contribution is 2.30. The van der Waals surface area contributed by atoms with Crippen LogP contribution in [0.25, 0.3) is 56.9 Å². The number of benzene rings is 5. The first-order valence-electron chi connectivity index (χ1n) is 17.6. The second-order valence-corrected chi connectivity index (χ2v) is 15.3. The van der Waals surface area contributed by atoms with Crippen molar-refractivity contribution in [1.82, 2.24) is 0 Å². The van der Waals surface area contributed by atoms with Crippen LogP contribution in [-0.2, 0) is 13.0 Å². The smallest absolute Gasteiger partial charge is 0.238 e. The molecule has 2 heterocycles. The largest absolute Gasteiger partial charge is 0.497 e. The Hall–Kier alpha value is -5.30. The predicted molar refractivity (Wildman–Crippen MR) is 221 cm³/mol. The number of rotatable bonds is 11. The van der Waals surface area contributed by atoms with Gasteiger partial charge in [-0.05, 0) is 110 Å². The van der Waals surface area contributed by atoms with Gasteiger partial charge in [-0.15, -0.1) is 3.97 Å². The monoisotopic (exact) mass is 716 g/mol. The van der Waals surface area contributed by atoms with Crippen LogP contribution in [0.5, 0.6) is 11.5 Å². The number of hydrogen-bond acceptors (Lipinski definition) is 4. The minimum Gasteiger partial charge on any atom is -0.497 e. The van der Waals surface area contributed by atoms with Crippen molar-refractivity contribution in [2.24, 2.45) is 0 Å². The summed E-state index contributed by atoms with van der Waals surface area (Å²) in [6.45, 7) is 0.922. The van der Waals surface area contributed by atoms with Gasteiger partial charge in [0.25, 0.3) is 0 Å². The van der Waals surface area contributed by atoms with Crippen molar-refractivity contribution < 1.29 is 18.0 Å². The SMILES string of the molecule is COc1ccc2c(c1)CCC(/C=C/c1cc[n+](CCSS[n+]3ccc(/C=C/c4ccc5cc(OC)ccc5c4)c4ccccc43)c3ccccc13)=C2. The van der Waals surface area contributed by atoms with Crippen LogP contribution in [0.2, 0.25) is 0 Å². The van der Waals surface area contributed by atoms with Gasteiger partial charge in [0, 0.05) is 24.3 Å². The maximum atomic E-state index is 5.42. The number of aryl methyl sites for hydroxylation is 2. The lowest BCUT2D eigenvalue weighted by molar-refractivity contribution is -0.666. The van der Waals surface area contributed by atoms with Crippen molar-refractivity contribution >= 4 is 78.7 Å². The van der Waals surface area contributed by atoms with Gasteiger partial charge in [0.1, 0.15) is 11.5 Å². The minimum atomic E-state index is 0.878. The molecular weight excluding hydrogens is 677 g/mol. The molecule has 256 valence electrons. The van der Waals surface area contributed by atoms with Crippen LogP contribution < -0.4 is 18.0 Å². The Balaban J connectivity index is 0.937. The van der Waals surface area contributed by atoms with Crippen LogP contribution in [0.3, 0.4) is 0 Å².